The molecule has 0 atom stereocenters. The van der Waals surface area contributed by atoms with Crippen LogP contribution in [0.1, 0.15) is 11.1 Å². The lowest BCUT2D eigenvalue weighted by molar-refractivity contribution is -0.839. The second-order valence-corrected chi connectivity index (χ2v) is 9.49. The number of fused-ring (bicyclic) bond motifs is 2. The molecule has 0 aliphatic heterocycles. The minimum Gasteiger partial charge on any atom is -0.633 e. The molecule has 0 aliphatic rings. The largest absolute Gasteiger partial charge is 0.633 e. The summed E-state index contributed by atoms with van der Waals surface area (Å²) in [6.07, 6.45) is 4.75. The van der Waals surface area contributed by atoms with E-state index in [9.17, 15) is 20.6 Å². The minimum absolute atomic E-state index is 0.0455. The molecule has 8 heteroatoms. The van der Waals surface area contributed by atoms with Crippen LogP contribution >= 0.6 is 0 Å². The average Bonchev–Trinajstić information content (AvgIpc) is 3.28. The highest BCUT2D eigenvalue weighted by Crippen LogP contribution is 2.46. The summed E-state index contributed by atoms with van der Waals surface area (Å²) >= 11 is 0. The molecule has 170 valence electrons. The van der Waals surface area contributed by atoms with Gasteiger partial charge in [-0.15, -0.1) is 0 Å². The Bertz CT molecular complexity index is 1180. The molecular formula is C24H30N4O4. The molecule has 0 amide bonds. The lowest BCUT2D eigenvalue weighted by Gasteiger charge is -2.33. The van der Waals surface area contributed by atoms with Gasteiger partial charge in [0.15, 0.2) is 0 Å². The van der Waals surface area contributed by atoms with E-state index >= 15 is 0 Å². The first kappa shape index (κ1) is 22.2. The number of quaternary nitrogens is 2. The van der Waals surface area contributed by atoms with Crippen molar-refractivity contribution >= 4 is 21.8 Å². The summed E-state index contributed by atoms with van der Waals surface area (Å²) in [5, 5.41) is 47.8. The number of nitrogens with one attached hydrogen (secondary N) is 2. The first-order valence-electron chi connectivity index (χ1n) is 10.7. The number of likely N-dealkylation sites (N-methyl/N-ethyl adjacent to an activating group) is 2. The van der Waals surface area contributed by atoms with E-state index in [0.29, 0.717) is 37.1 Å². The van der Waals surface area contributed by atoms with Crippen LogP contribution < -0.4 is 0 Å². The lowest BCUT2D eigenvalue weighted by Crippen LogP contribution is -2.34. The van der Waals surface area contributed by atoms with Gasteiger partial charge in [0, 0.05) is 58.2 Å². The Morgan fingerprint density at radius 2 is 1.06 bits per heavy atom. The van der Waals surface area contributed by atoms with E-state index in [4.69, 9.17) is 0 Å². The topological polar surface area (TPSA) is 118 Å². The number of phenols is 2. The second kappa shape index (κ2) is 7.83. The molecule has 0 spiro atoms. The van der Waals surface area contributed by atoms with Crippen molar-refractivity contribution in [1.29, 1.82) is 0 Å². The average molecular weight is 439 g/mol. The molecule has 0 saturated heterocycles. The molecule has 0 fully saturated rings. The summed E-state index contributed by atoms with van der Waals surface area (Å²) in [4.78, 5) is 6.46. The number of hydrogen-bond acceptors (Lipinski definition) is 4. The molecule has 0 aliphatic carbocycles. The first-order valence-corrected chi connectivity index (χ1v) is 10.7. The summed E-state index contributed by atoms with van der Waals surface area (Å²) in [5.41, 5.74) is 4.48. The van der Waals surface area contributed by atoms with Gasteiger partial charge in [-0.05, 0) is 35.4 Å². The molecule has 0 unspecified atom stereocenters. The highest BCUT2D eigenvalue weighted by Gasteiger charge is 2.23. The van der Waals surface area contributed by atoms with Gasteiger partial charge in [0.05, 0.1) is 41.3 Å². The molecule has 2 heterocycles. The van der Waals surface area contributed by atoms with Gasteiger partial charge in [0.25, 0.3) is 0 Å². The Morgan fingerprint density at radius 3 is 1.41 bits per heavy atom. The molecule has 0 saturated carbocycles. The van der Waals surface area contributed by atoms with Crippen molar-refractivity contribution in [2.75, 3.05) is 41.3 Å². The van der Waals surface area contributed by atoms with Crippen molar-refractivity contribution in [2.24, 2.45) is 0 Å². The number of hydrogen-bond donors (Lipinski definition) is 4. The fraction of sp³-hybridized carbons (Fsp3) is 0.333. The van der Waals surface area contributed by atoms with Crippen molar-refractivity contribution in [3.63, 3.8) is 0 Å². The summed E-state index contributed by atoms with van der Waals surface area (Å²) < 4.78 is -0.848. The number of hydroxylamine groups is 6. The summed E-state index contributed by atoms with van der Waals surface area (Å²) in [6, 6.07) is 6.80. The van der Waals surface area contributed by atoms with Crippen LogP contribution in [0.15, 0.2) is 36.7 Å². The zero-order chi connectivity index (χ0) is 23.3. The number of benzene rings is 2. The maximum Gasteiger partial charge on any atom is 0.124 e. The second-order valence-electron chi connectivity index (χ2n) is 9.49. The van der Waals surface area contributed by atoms with Crippen LogP contribution in [-0.4, -0.2) is 70.8 Å². The van der Waals surface area contributed by atoms with E-state index < -0.39 is 9.29 Å². The van der Waals surface area contributed by atoms with E-state index in [1.165, 1.54) is 0 Å². The number of aromatic amines is 2. The van der Waals surface area contributed by atoms with Crippen molar-refractivity contribution < 1.29 is 19.5 Å². The quantitative estimate of drug-likeness (QED) is 0.258. The van der Waals surface area contributed by atoms with E-state index in [1.54, 1.807) is 52.5 Å². The molecule has 0 radical (unpaired) electrons. The zero-order valence-electron chi connectivity index (χ0n) is 18.9. The van der Waals surface area contributed by atoms with Gasteiger partial charge < -0.3 is 39.9 Å². The fourth-order valence-corrected chi connectivity index (χ4v) is 4.24. The SMILES string of the molecule is C[N+](C)([O-])CCc1c[nH]c2ccc(O)c(-c3c(O)ccc4[nH]cc(CC[N+](C)(C)[O-])c34)c12. The Labute approximate surface area is 186 Å². The smallest absolute Gasteiger partial charge is 0.124 e. The maximum atomic E-state index is 12.2. The van der Waals surface area contributed by atoms with Gasteiger partial charge in [-0.3, -0.25) is 0 Å². The van der Waals surface area contributed by atoms with Crippen LogP contribution in [0.2, 0.25) is 0 Å². The number of nitrogens with zero attached hydrogens (tertiary/aromatic N) is 2. The van der Waals surface area contributed by atoms with Gasteiger partial charge in [-0.25, -0.2) is 0 Å². The standard InChI is InChI=1S/C24H30N4O4/c1-27(2,31)11-9-15-13-25-17-5-7-19(29)23(21(15)17)24-20(30)8-6-18-22(24)16(14-26-18)10-12-28(3,4)32/h5-8,13-14,25-26,29-30H,9-12H2,1-4H3. The third-order valence-corrected chi connectivity index (χ3v) is 5.90. The van der Waals surface area contributed by atoms with Gasteiger partial charge in [-0.2, -0.15) is 0 Å². The molecule has 4 rings (SSSR count). The van der Waals surface area contributed by atoms with Crippen LogP contribution in [0, 0.1) is 10.4 Å². The van der Waals surface area contributed by atoms with Gasteiger partial charge in [0.1, 0.15) is 11.5 Å². The third-order valence-electron chi connectivity index (χ3n) is 5.90. The number of phenolic OH excluding ortho intramolecular Hbond substituents is 2. The van der Waals surface area contributed by atoms with Crippen LogP contribution in [0.3, 0.4) is 0 Å². The van der Waals surface area contributed by atoms with E-state index in [-0.39, 0.29) is 11.5 Å². The van der Waals surface area contributed by atoms with Crippen molar-refractivity contribution in [2.45, 2.75) is 12.8 Å². The van der Waals surface area contributed by atoms with Crippen LogP contribution in [0.25, 0.3) is 32.9 Å². The molecule has 4 N–H and O–H groups in total. The number of rotatable bonds is 7. The van der Waals surface area contributed by atoms with Crippen LogP contribution in [-0.2, 0) is 12.8 Å². The van der Waals surface area contributed by atoms with Crippen LogP contribution in [0.4, 0.5) is 0 Å². The normalized spacial score (nSPS) is 12.8. The highest BCUT2D eigenvalue weighted by molar-refractivity contribution is 6.10. The Balaban J connectivity index is 1.95. The highest BCUT2D eigenvalue weighted by atomic mass is 16.5. The Kier molecular flexibility index (Phi) is 5.42. The molecule has 0 bridgehead atoms. The molecule has 32 heavy (non-hydrogen) atoms. The third kappa shape index (κ3) is 4.31. The maximum absolute atomic E-state index is 12.2. The summed E-state index contributed by atoms with van der Waals surface area (Å²) in [7, 11) is 6.40. The molecule has 4 aromatic rings. The Hall–Kier alpha value is -3.04. The van der Waals surface area contributed by atoms with Crippen molar-refractivity contribution in [1.82, 2.24) is 9.97 Å². The Morgan fingerprint density at radius 1 is 0.688 bits per heavy atom. The van der Waals surface area contributed by atoms with Crippen molar-refractivity contribution in [3.05, 3.63) is 58.2 Å². The van der Waals surface area contributed by atoms with E-state index in [1.807, 2.05) is 12.4 Å². The molecular weight excluding hydrogens is 408 g/mol. The first-order chi connectivity index (χ1) is 14.9. The number of aromatic nitrogens is 2. The minimum atomic E-state index is -0.424. The lowest BCUT2D eigenvalue weighted by atomic mass is 9.92. The molecule has 2 aromatic carbocycles. The summed E-state index contributed by atoms with van der Waals surface area (Å²) in [5.74, 6) is 0.0909. The van der Waals surface area contributed by atoms with Gasteiger partial charge >= 0.3 is 0 Å². The van der Waals surface area contributed by atoms with Crippen LogP contribution in [0.5, 0.6) is 11.5 Å². The predicted molar refractivity (Wildman–Crippen MR) is 127 cm³/mol. The van der Waals surface area contributed by atoms with Gasteiger partial charge in [-0.1, -0.05) is 0 Å². The fourth-order valence-electron chi connectivity index (χ4n) is 4.24. The van der Waals surface area contributed by atoms with E-state index in [2.05, 4.69) is 9.97 Å². The summed E-state index contributed by atoms with van der Waals surface area (Å²) in [6.45, 7) is 0.758. The number of aromatic hydroxyl groups is 2. The predicted octanol–water partition coefficient (Wildman–Crippen LogP) is 3.96. The molecule has 8 nitrogen and oxygen atoms in total. The van der Waals surface area contributed by atoms with Gasteiger partial charge in [0.2, 0.25) is 0 Å². The van der Waals surface area contributed by atoms with E-state index in [0.717, 1.165) is 32.9 Å². The number of H-pyrrole nitrogens is 2. The monoisotopic (exact) mass is 438 g/mol. The van der Waals surface area contributed by atoms with Crippen molar-refractivity contribution in [3.8, 4) is 22.6 Å². The zero-order valence-corrected chi connectivity index (χ0v) is 18.9. The molecule has 2 aromatic heterocycles.